The van der Waals surface area contributed by atoms with E-state index in [0.29, 0.717) is 0 Å². The summed E-state index contributed by atoms with van der Waals surface area (Å²) < 4.78 is 9.78. The van der Waals surface area contributed by atoms with Gasteiger partial charge in [-0.25, -0.2) is 9.59 Å². The summed E-state index contributed by atoms with van der Waals surface area (Å²) in [6, 6.07) is -1.41. The molecule has 1 fully saturated rings. The first-order chi connectivity index (χ1) is 9.51. The highest BCUT2D eigenvalue weighted by atomic mass is 16.5. The molecule has 0 spiro atoms. The lowest BCUT2D eigenvalue weighted by atomic mass is 10.2. The Kier molecular flexibility index (Phi) is 5.98. The Morgan fingerprint density at radius 1 is 1.55 bits per heavy atom. The van der Waals surface area contributed by atoms with Crippen molar-refractivity contribution in [1.29, 1.82) is 0 Å². The minimum absolute atomic E-state index is 0.0351. The number of rotatable bonds is 5. The molecule has 8 nitrogen and oxygen atoms in total. The van der Waals surface area contributed by atoms with E-state index in [0.717, 1.165) is 4.90 Å². The molecule has 0 bridgehead atoms. The molecule has 20 heavy (non-hydrogen) atoms. The number of urea groups is 1. The van der Waals surface area contributed by atoms with Crippen LogP contribution in [0.4, 0.5) is 4.79 Å². The van der Waals surface area contributed by atoms with Crippen molar-refractivity contribution in [2.24, 2.45) is 0 Å². The standard InChI is InChI=1S/C12H18N2O6/c1-3-4-13(7-10(15)16)12(18)14-5-6-20-8-9(14)11(17)19-2/h3,9H,1,4-8H2,2H3,(H,15,16). The van der Waals surface area contributed by atoms with Crippen LogP contribution < -0.4 is 0 Å². The second-order valence-corrected chi connectivity index (χ2v) is 4.15. The summed E-state index contributed by atoms with van der Waals surface area (Å²) in [5.74, 6) is -1.73. The van der Waals surface area contributed by atoms with Gasteiger partial charge in [-0.3, -0.25) is 4.79 Å². The predicted octanol–water partition coefficient (Wildman–Crippen LogP) is -0.447. The zero-order chi connectivity index (χ0) is 15.1. The van der Waals surface area contributed by atoms with E-state index < -0.39 is 30.6 Å². The van der Waals surface area contributed by atoms with Crippen molar-refractivity contribution in [3.8, 4) is 0 Å². The second-order valence-electron chi connectivity index (χ2n) is 4.15. The van der Waals surface area contributed by atoms with Crippen LogP contribution in [0.25, 0.3) is 0 Å². The van der Waals surface area contributed by atoms with Gasteiger partial charge in [-0.05, 0) is 0 Å². The van der Waals surface area contributed by atoms with Gasteiger partial charge in [-0.15, -0.1) is 6.58 Å². The molecular weight excluding hydrogens is 268 g/mol. The number of amides is 2. The van der Waals surface area contributed by atoms with Crippen molar-refractivity contribution in [3.63, 3.8) is 0 Å². The van der Waals surface area contributed by atoms with E-state index in [9.17, 15) is 14.4 Å². The van der Waals surface area contributed by atoms with Crippen molar-refractivity contribution in [3.05, 3.63) is 12.7 Å². The molecule has 0 aromatic rings. The summed E-state index contributed by atoms with van der Waals surface area (Å²) in [5.41, 5.74) is 0. The Morgan fingerprint density at radius 2 is 2.25 bits per heavy atom. The van der Waals surface area contributed by atoms with Crippen molar-refractivity contribution in [1.82, 2.24) is 9.80 Å². The SMILES string of the molecule is C=CCN(CC(=O)O)C(=O)N1CCOCC1C(=O)OC. The topological polar surface area (TPSA) is 96.4 Å². The lowest BCUT2D eigenvalue weighted by molar-refractivity contribution is -0.151. The van der Waals surface area contributed by atoms with Crippen molar-refractivity contribution >= 4 is 18.0 Å². The van der Waals surface area contributed by atoms with Crippen molar-refractivity contribution < 1.29 is 29.0 Å². The molecular formula is C12H18N2O6. The van der Waals surface area contributed by atoms with Crippen molar-refractivity contribution in [2.45, 2.75) is 6.04 Å². The van der Waals surface area contributed by atoms with Crippen LogP contribution in [0, 0.1) is 0 Å². The van der Waals surface area contributed by atoms with Gasteiger partial charge in [0.05, 0.1) is 20.3 Å². The maximum absolute atomic E-state index is 12.3. The van der Waals surface area contributed by atoms with Crippen LogP contribution >= 0.6 is 0 Å². The summed E-state index contributed by atoms with van der Waals surface area (Å²) in [4.78, 5) is 37.1. The molecule has 1 atom stereocenters. The average molecular weight is 286 g/mol. The van der Waals surface area contributed by atoms with Gasteiger partial charge in [0, 0.05) is 13.1 Å². The number of carbonyl (C=O) groups excluding carboxylic acids is 2. The number of nitrogens with zero attached hydrogens (tertiary/aromatic N) is 2. The van der Waals surface area contributed by atoms with Crippen LogP contribution in [0.1, 0.15) is 0 Å². The summed E-state index contributed by atoms with van der Waals surface area (Å²) in [6.07, 6.45) is 1.43. The Balaban J connectivity index is 2.85. The van der Waals surface area contributed by atoms with Crippen LogP contribution in [-0.2, 0) is 19.1 Å². The number of esters is 1. The molecule has 1 aliphatic heterocycles. The molecule has 1 aliphatic rings. The lowest BCUT2D eigenvalue weighted by Crippen LogP contribution is -2.57. The maximum atomic E-state index is 12.3. The zero-order valence-electron chi connectivity index (χ0n) is 11.3. The largest absolute Gasteiger partial charge is 0.480 e. The Morgan fingerprint density at radius 3 is 2.80 bits per heavy atom. The minimum Gasteiger partial charge on any atom is -0.480 e. The number of carbonyl (C=O) groups is 3. The lowest BCUT2D eigenvalue weighted by Gasteiger charge is -2.36. The first-order valence-corrected chi connectivity index (χ1v) is 6.05. The third kappa shape index (κ3) is 3.95. The second kappa shape index (κ2) is 7.49. The molecule has 2 amide bonds. The number of morpholine rings is 1. The van der Waals surface area contributed by atoms with E-state index in [1.54, 1.807) is 0 Å². The highest BCUT2D eigenvalue weighted by Crippen LogP contribution is 2.12. The molecule has 112 valence electrons. The van der Waals surface area contributed by atoms with Crippen LogP contribution in [-0.4, -0.2) is 78.9 Å². The van der Waals surface area contributed by atoms with Gasteiger partial charge in [0.25, 0.3) is 0 Å². The third-order valence-corrected chi connectivity index (χ3v) is 2.79. The molecule has 0 radical (unpaired) electrons. The number of carboxylic acid groups (broad SMARTS) is 1. The van der Waals surface area contributed by atoms with Gasteiger partial charge in [-0.2, -0.15) is 0 Å². The van der Waals surface area contributed by atoms with Crippen LogP contribution in [0.3, 0.4) is 0 Å². The molecule has 0 aromatic heterocycles. The first kappa shape index (κ1) is 16.0. The predicted molar refractivity (Wildman–Crippen MR) is 68.1 cm³/mol. The quantitative estimate of drug-likeness (QED) is 0.543. The van der Waals surface area contributed by atoms with Crippen LogP contribution in [0.5, 0.6) is 0 Å². The van der Waals surface area contributed by atoms with Gasteiger partial charge >= 0.3 is 18.0 Å². The Hall–Kier alpha value is -2.09. The molecule has 0 saturated carbocycles. The smallest absolute Gasteiger partial charge is 0.331 e. The van der Waals surface area contributed by atoms with Gasteiger partial charge in [0.2, 0.25) is 0 Å². The zero-order valence-corrected chi connectivity index (χ0v) is 11.3. The fourth-order valence-electron chi connectivity index (χ4n) is 1.87. The molecule has 1 saturated heterocycles. The molecule has 0 aromatic carbocycles. The number of hydrogen-bond donors (Lipinski definition) is 1. The van der Waals surface area contributed by atoms with E-state index in [-0.39, 0.29) is 26.3 Å². The molecule has 0 aliphatic carbocycles. The Bertz CT molecular complexity index is 397. The summed E-state index contributed by atoms with van der Waals surface area (Å²) >= 11 is 0. The average Bonchev–Trinajstić information content (AvgIpc) is 2.44. The molecule has 1 unspecified atom stereocenters. The molecule has 1 heterocycles. The number of carboxylic acids is 1. The minimum atomic E-state index is -1.14. The molecule has 8 heteroatoms. The fraction of sp³-hybridized carbons (Fsp3) is 0.583. The van der Waals surface area contributed by atoms with E-state index in [2.05, 4.69) is 11.3 Å². The number of aliphatic carboxylic acids is 1. The van der Waals surface area contributed by atoms with E-state index in [1.807, 2.05) is 0 Å². The fourth-order valence-corrected chi connectivity index (χ4v) is 1.87. The van der Waals surface area contributed by atoms with E-state index in [4.69, 9.17) is 9.84 Å². The van der Waals surface area contributed by atoms with Crippen LogP contribution in [0.15, 0.2) is 12.7 Å². The maximum Gasteiger partial charge on any atom is 0.331 e. The highest BCUT2D eigenvalue weighted by molar-refractivity contribution is 5.86. The molecule has 1 N–H and O–H groups in total. The highest BCUT2D eigenvalue weighted by Gasteiger charge is 2.36. The number of hydrogen-bond acceptors (Lipinski definition) is 5. The van der Waals surface area contributed by atoms with Gasteiger partial charge in [0.1, 0.15) is 6.54 Å². The van der Waals surface area contributed by atoms with E-state index in [1.165, 1.54) is 18.1 Å². The van der Waals surface area contributed by atoms with Crippen molar-refractivity contribution in [2.75, 3.05) is 40.0 Å². The van der Waals surface area contributed by atoms with Gasteiger partial charge in [0.15, 0.2) is 6.04 Å². The van der Waals surface area contributed by atoms with E-state index >= 15 is 0 Å². The van der Waals surface area contributed by atoms with Gasteiger partial charge in [-0.1, -0.05) is 6.08 Å². The third-order valence-electron chi connectivity index (χ3n) is 2.79. The van der Waals surface area contributed by atoms with Crippen LogP contribution in [0.2, 0.25) is 0 Å². The summed E-state index contributed by atoms with van der Waals surface area (Å²) in [5, 5.41) is 8.82. The van der Waals surface area contributed by atoms with Gasteiger partial charge < -0.3 is 24.4 Å². The summed E-state index contributed by atoms with van der Waals surface area (Å²) in [7, 11) is 1.22. The normalized spacial score (nSPS) is 18.2. The number of methoxy groups -OCH3 is 1. The number of ether oxygens (including phenoxy) is 2. The first-order valence-electron chi connectivity index (χ1n) is 6.05. The molecule has 1 rings (SSSR count). The Labute approximate surface area is 116 Å². The summed E-state index contributed by atoms with van der Waals surface area (Å²) in [6.45, 7) is 3.62. The monoisotopic (exact) mass is 286 g/mol.